The van der Waals surface area contributed by atoms with Gasteiger partial charge in [-0.25, -0.2) is 0 Å². The van der Waals surface area contributed by atoms with Gasteiger partial charge in [-0.3, -0.25) is 4.79 Å². The van der Waals surface area contributed by atoms with Crippen LogP contribution in [0.4, 0.5) is 8.78 Å². The summed E-state index contributed by atoms with van der Waals surface area (Å²) in [5.74, 6) is -0.266. The summed E-state index contributed by atoms with van der Waals surface area (Å²) in [6.45, 7) is -0.462. The van der Waals surface area contributed by atoms with Gasteiger partial charge < -0.3 is 19.5 Å². The van der Waals surface area contributed by atoms with Crippen molar-refractivity contribution in [1.29, 1.82) is 0 Å². The summed E-state index contributed by atoms with van der Waals surface area (Å²) >= 11 is 0. The molecule has 0 radical (unpaired) electrons. The Morgan fingerprint density at radius 2 is 2.00 bits per heavy atom. The van der Waals surface area contributed by atoms with Crippen LogP contribution < -0.4 is 14.8 Å². The van der Waals surface area contributed by atoms with Crippen LogP contribution >= 0.6 is 0 Å². The minimum Gasteiger partial charge on any atom is -0.493 e. The van der Waals surface area contributed by atoms with Crippen LogP contribution in [0, 0.1) is 0 Å². The number of hydrogen-bond acceptors (Lipinski definition) is 5. The SMILES string of the molecule is CCNC(CC(=O)OC)c1ccc(OC)c(OC(F)F)c1. The van der Waals surface area contributed by atoms with Gasteiger partial charge in [0, 0.05) is 6.04 Å². The first-order valence-corrected chi connectivity index (χ1v) is 6.44. The number of alkyl halides is 2. The molecule has 118 valence electrons. The highest BCUT2D eigenvalue weighted by atomic mass is 19.3. The molecule has 5 nitrogen and oxygen atoms in total. The molecule has 1 N–H and O–H groups in total. The van der Waals surface area contributed by atoms with Crippen LogP contribution in [-0.2, 0) is 9.53 Å². The highest BCUT2D eigenvalue weighted by Gasteiger charge is 2.19. The van der Waals surface area contributed by atoms with Crippen LogP contribution in [0.15, 0.2) is 18.2 Å². The number of benzene rings is 1. The minimum atomic E-state index is -2.95. The lowest BCUT2D eigenvalue weighted by atomic mass is 10.0. The maximum absolute atomic E-state index is 12.4. The van der Waals surface area contributed by atoms with Gasteiger partial charge in [0.25, 0.3) is 0 Å². The van der Waals surface area contributed by atoms with Crippen LogP contribution in [0.1, 0.15) is 24.9 Å². The van der Waals surface area contributed by atoms with E-state index in [1.54, 1.807) is 6.07 Å². The second-order valence-corrected chi connectivity index (χ2v) is 4.18. The van der Waals surface area contributed by atoms with Crippen molar-refractivity contribution in [2.45, 2.75) is 26.0 Å². The number of esters is 1. The highest BCUT2D eigenvalue weighted by molar-refractivity contribution is 5.70. The Bertz CT molecular complexity index is 468. The lowest BCUT2D eigenvalue weighted by molar-refractivity contribution is -0.141. The van der Waals surface area contributed by atoms with Gasteiger partial charge in [0.1, 0.15) is 0 Å². The van der Waals surface area contributed by atoms with E-state index in [4.69, 9.17) is 4.74 Å². The fraction of sp³-hybridized carbons (Fsp3) is 0.500. The number of carbonyl (C=O) groups is 1. The molecular formula is C14H19F2NO4. The number of methoxy groups -OCH3 is 2. The molecule has 7 heteroatoms. The van der Waals surface area contributed by atoms with E-state index < -0.39 is 12.6 Å². The summed E-state index contributed by atoms with van der Waals surface area (Å²) in [6.07, 6.45) is 0.0881. The quantitative estimate of drug-likeness (QED) is 0.748. The van der Waals surface area contributed by atoms with E-state index in [-0.39, 0.29) is 24.0 Å². The topological polar surface area (TPSA) is 56.8 Å². The number of rotatable bonds is 8. The third-order valence-corrected chi connectivity index (χ3v) is 2.86. The van der Waals surface area contributed by atoms with Crippen LogP contribution in [-0.4, -0.2) is 33.3 Å². The molecule has 1 atom stereocenters. The molecule has 1 aromatic rings. The zero-order valence-electron chi connectivity index (χ0n) is 12.2. The maximum atomic E-state index is 12.4. The zero-order chi connectivity index (χ0) is 15.8. The first-order valence-electron chi connectivity index (χ1n) is 6.44. The molecule has 0 aromatic heterocycles. The molecule has 0 spiro atoms. The fourth-order valence-electron chi connectivity index (χ4n) is 1.90. The molecule has 0 heterocycles. The number of halogens is 2. The Hall–Kier alpha value is -1.89. The highest BCUT2D eigenvalue weighted by Crippen LogP contribution is 2.32. The molecule has 0 aliphatic rings. The van der Waals surface area contributed by atoms with Crippen LogP contribution in [0.3, 0.4) is 0 Å². The van der Waals surface area contributed by atoms with Gasteiger partial charge in [-0.1, -0.05) is 13.0 Å². The monoisotopic (exact) mass is 303 g/mol. The van der Waals surface area contributed by atoms with Gasteiger partial charge >= 0.3 is 12.6 Å². The second kappa shape index (κ2) is 8.41. The molecule has 1 unspecified atom stereocenters. The number of ether oxygens (including phenoxy) is 3. The summed E-state index contributed by atoms with van der Waals surface area (Å²) in [5, 5.41) is 3.10. The lowest BCUT2D eigenvalue weighted by Gasteiger charge is -2.19. The third kappa shape index (κ3) is 5.18. The Balaban J connectivity index is 3.04. The van der Waals surface area contributed by atoms with E-state index in [0.717, 1.165) is 0 Å². The van der Waals surface area contributed by atoms with E-state index in [1.807, 2.05) is 6.92 Å². The number of nitrogens with one attached hydrogen (secondary N) is 1. The predicted molar refractivity (Wildman–Crippen MR) is 72.7 cm³/mol. The molecule has 0 aliphatic heterocycles. The van der Waals surface area contributed by atoms with Crippen molar-refractivity contribution in [3.63, 3.8) is 0 Å². The Kier molecular flexibility index (Phi) is 6.87. The summed E-state index contributed by atoms with van der Waals surface area (Å²) in [4.78, 5) is 11.4. The average Bonchev–Trinajstić information content (AvgIpc) is 2.46. The van der Waals surface area contributed by atoms with Gasteiger partial charge in [0.05, 0.1) is 20.6 Å². The summed E-state index contributed by atoms with van der Waals surface area (Å²) in [6, 6.07) is 4.29. The average molecular weight is 303 g/mol. The Labute approximate surface area is 122 Å². The van der Waals surface area contributed by atoms with E-state index in [9.17, 15) is 13.6 Å². The van der Waals surface area contributed by atoms with Crippen molar-refractivity contribution in [2.75, 3.05) is 20.8 Å². The zero-order valence-corrected chi connectivity index (χ0v) is 12.2. The van der Waals surface area contributed by atoms with Gasteiger partial charge in [0.15, 0.2) is 11.5 Å². The third-order valence-electron chi connectivity index (χ3n) is 2.86. The standard InChI is InChI=1S/C14H19F2NO4/c1-4-17-10(8-13(18)20-3)9-5-6-11(19-2)12(7-9)21-14(15)16/h5-7,10,14,17H,4,8H2,1-3H3. The van der Waals surface area contributed by atoms with Gasteiger partial charge in [-0.15, -0.1) is 0 Å². The van der Waals surface area contributed by atoms with Crippen molar-refractivity contribution in [1.82, 2.24) is 5.32 Å². The lowest BCUT2D eigenvalue weighted by Crippen LogP contribution is -2.24. The van der Waals surface area contributed by atoms with E-state index in [2.05, 4.69) is 14.8 Å². The van der Waals surface area contributed by atoms with Crippen molar-refractivity contribution in [3.05, 3.63) is 23.8 Å². The molecule has 21 heavy (non-hydrogen) atoms. The van der Waals surface area contributed by atoms with Crippen LogP contribution in [0.5, 0.6) is 11.5 Å². The Morgan fingerprint density at radius 1 is 1.29 bits per heavy atom. The molecule has 0 saturated heterocycles. The second-order valence-electron chi connectivity index (χ2n) is 4.18. The summed E-state index contributed by atoms with van der Waals surface area (Å²) in [7, 11) is 2.66. The number of hydrogen-bond donors (Lipinski definition) is 1. The summed E-state index contributed by atoms with van der Waals surface area (Å²) in [5.41, 5.74) is 0.638. The molecule has 0 saturated carbocycles. The summed E-state index contributed by atoms with van der Waals surface area (Å²) < 4.78 is 38.9. The molecule has 0 fully saturated rings. The van der Waals surface area contributed by atoms with Crippen molar-refractivity contribution >= 4 is 5.97 Å². The van der Waals surface area contributed by atoms with E-state index in [0.29, 0.717) is 12.1 Å². The first kappa shape index (κ1) is 17.2. The molecular weight excluding hydrogens is 284 g/mol. The molecule has 0 amide bonds. The van der Waals surface area contributed by atoms with Crippen LogP contribution in [0.2, 0.25) is 0 Å². The van der Waals surface area contributed by atoms with E-state index >= 15 is 0 Å². The molecule has 1 rings (SSSR count). The first-order chi connectivity index (χ1) is 10.0. The number of carbonyl (C=O) groups excluding carboxylic acids is 1. The van der Waals surface area contributed by atoms with Crippen molar-refractivity contribution in [3.8, 4) is 11.5 Å². The normalized spacial score (nSPS) is 12.1. The molecule has 1 aromatic carbocycles. The van der Waals surface area contributed by atoms with Gasteiger partial charge in [-0.2, -0.15) is 8.78 Å². The van der Waals surface area contributed by atoms with Crippen molar-refractivity contribution in [2.24, 2.45) is 0 Å². The fourth-order valence-corrected chi connectivity index (χ4v) is 1.90. The molecule has 0 aliphatic carbocycles. The van der Waals surface area contributed by atoms with Gasteiger partial charge in [-0.05, 0) is 24.2 Å². The van der Waals surface area contributed by atoms with Crippen LogP contribution in [0.25, 0.3) is 0 Å². The maximum Gasteiger partial charge on any atom is 0.387 e. The minimum absolute atomic E-state index is 0.0715. The van der Waals surface area contributed by atoms with E-state index in [1.165, 1.54) is 26.4 Å². The molecule has 0 bridgehead atoms. The largest absolute Gasteiger partial charge is 0.493 e. The van der Waals surface area contributed by atoms with Crippen molar-refractivity contribution < 1.29 is 27.8 Å². The van der Waals surface area contributed by atoms with Gasteiger partial charge in [0.2, 0.25) is 0 Å². The smallest absolute Gasteiger partial charge is 0.387 e. The predicted octanol–water partition coefficient (Wildman–Crippen LogP) is 2.51. The Morgan fingerprint density at radius 3 is 2.52 bits per heavy atom.